The molecule has 0 amide bonds. The summed E-state index contributed by atoms with van der Waals surface area (Å²) in [7, 11) is -3.28. The second-order valence-corrected chi connectivity index (χ2v) is 5.88. The highest BCUT2D eigenvalue weighted by Gasteiger charge is 2.14. The first kappa shape index (κ1) is 18.7. The average molecular weight is 323 g/mol. The average Bonchev–Trinajstić information content (AvgIpc) is 2.30. The first-order valence-electron chi connectivity index (χ1n) is 5.80. The Morgan fingerprint density at radius 3 is 2.35 bits per heavy atom. The van der Waals surface area contributed by atoms with Gasteiger partial charge in [0.25, 0.3) is 0 Å². The van der Waals surface area contributed by atoms with Gasteiger partial charge in [0.2, 0.25) is 10.0 Å². The largest absolute Gasteiger partial charge is 0.465 e. The summed E-state index contributed by atoms with van der Waals surface area (Å²) in [6.45, 7) is 2.01. The van der Waals surface area contributed by atoms with Crippen molar-refractivity contribution >= 4 is 34.1 Å². The zero-order chi connectivity index (χ0) is 14.5. The molecule has 0 radical (unpaired) electrons. The van der Waals surface area contributed by atoms with Crippen LogP contribution >= 0.6 is 12.4 Å². The van der Waals surface area contributed by atoms with E-state index >= 15 is 0 Å². The third-order valence-electron chi connectivity index (χ3n) is 2.30. The summed E-state index contributed by atoms with van der Waals surface area (Å²) in [6, 6.07) is 5.95. The number of benzene rings is 1. The Bertz CT molecular complexity index is 531. The van der Waals surface area contributed by atoms with Crippen LogP contribution in [0.2, 0.25) is 0 Å². The second-order valence-electron chi connectivity index (χ2n) is 4.13. The molecule has 0 aliphatic heterocycles. The Morgan fingerprint density at radius 2 is 1.90 bits per heavy atom. The Hall–Kier alpha value is -1.31. The molecule has 0 saturated heterocycles. The molecular weight excluding hydrogens is 304 g/mol. The Morgan fingerprint density at radius 1 is 1.35 bits per heavy atom. The third kappa shape index (κ3) is 6.74. The monoisotopic (exact) mass is 322 g/mol. The maximum absolute atomic E-state index is 11.4. The van der Waals surface area contributed by atoms with Crippen molar-refractivity contribution in [3.63, 3.8) is 0 Å². The number of rotatable bonds is 6. The maximum Gasteiger partial charge on any atom is 0.323 e. The number of carbonyl (C=O) groups excluding carboxylic acids is 1. The van der Waals surface area contributed by atoms with Gasteiger partial charge in [-0.3, -0.25) is 9.52 Å². The maximum atomic E-state index is 11.4. The smallest absolute Gasteiger partial charge is 0.323 e. The molecule has 0 spiro atoms. The zero-order valence-electron chi connectivity index (χ0n) is 11.3. The predicted molar refractivity (Wildman–Crippen MR) is 80.5 cm³/mol. The number of ether oxygens (including phenoxy) is 1. The van der Waals surface area contributed by atoms with Crippen LogP contribution in [0.15, 0.2) is 24.3 Å². The van der Waals surface area contributed by atoms with Crippen LogP contribution in [0.5, 0.6) is 0 Å². The standard InChI is InChI=1S/C12H18N2O4S.ClH/c1-3-18-12(15)11(13)8-9-4-6-10(7-5-9)14-19(2,16)17;/h4-7,11,14H,3,8,13H2,1-2H3;1H. The van der Waals surface area contributed by atoms with Gasteiger partial charge in [-0.15, -0.1) is 12.4 Å². The molecule has 0 fully saturated rings. The normalized spacial score (nSPS) is 12.2. The van der Waals surface area contributed by atoms with Gasteiger partial charge in [0, 0.05) is 5.69 Å². The molecule has 0 aliphatic carbocycles. The van der Waals surface area contributed by atoms with Crippen molar-refractivity contribution in [1.29, 1.82) is 0 Å². The molecule has 0 saturated carbocycles. The first-order chi connectivity index (χ1) is 8.81. The summed E-state index contributed by atoms with van der Waals surface area (Å²) in [6.07, 6.45) is 1.43. The summed E-state index contributed by atoms with van der Waals surface area (Å²) in [5.74, 6) is -0.444. The molecule has 0 bridgehead atoms. The van der Waals surface area contributed by atoms with E-state index in [1.54, 1.807) is 31.2 Å². The molecule has 6 nitrogen and oxygen atoms in total. The molecule has 1 unspecified atom stereocenters. The summed E-state index contributed by atoms with van der Waals surface area (Å²) < 4.78 is 29.2. The fourth-order valence-electron chi connectivity index (χ4n) is 1.51. The van der Waals surface area contributed by atoms with Crippen LogP contribution in [0.25, 0.3) is 0 Å². The highest BCUT2D eigenvalue weighted by atomic mass is 35.5. The minimum atomic E-state index is -3.28. The molecule has 0 heterocycles. The molecule has 114 valence electrons. The number of hydrogen-bond donors (Lipinski definition) is 2. The third-order valence-corrected chi connectivity index (χ3v) is 2.91. The number of nitrogens with one attached hydrogen (secondary N) is 1. The summed E-state index contributed by atoms with van der Waals surface area (Å²) in [4.78, 5) is 11.4. The van der Waals surface area contributed by atoms with Gasteiger partial charge in [0.05, 0.1) is 12.9 Å². The van der Waals surface area contributed by atoms with Crippen molar-refractivity contribution in [1.82, 2.24) is 0 Å². The Balaban J connectivity index is 0.00000361. The van der Waals surface area contributed by atoms with Crippen LogP contribution < -0.4 is 10.5 Å². The number of sulfonamides is 1. The van der Waals surface area contributed by atoms with Crippen molar-refractivity contribution in [3.8, 4) is 0 Å². The molecule has 0 aromatic heterocycles. The van der Waals surface area contributed by atoms with E-state index in [-0.39, 0.29) is 12.4 Å². The van der Waals surface area contributed by atoms with Gasteiger partial charge in [-0.25, -0.2) is 8.42 Å². The molecule has 0 aliphatic rings. The van der Waals surface area contributed by atoms with Crippen LogP contribution in [0, 0.1) is 0 Å². The highest BCUT2D eigenvalue weighted by molar-refractivity contribution is 7.92. The van der Waals surface area contributed by atoms with Crippen molar-refractivity contribution in [2.24, 2.45) is 5.73 Å². The lowest BCUT2D eigenvalue weighted by molar-refractivity contribution is -0.144. The molecule has 20 heavy (non-hydrogen) atoms. The van der Waals surface area contributed by atoms with Crippen LogP contribution in [0.3, 0.4) is 0 Å². The van der Waals surface area contributed by atoms with E-state index in [1.165, 1.54) is 0 Å². The fraction of sp³-hybridized carbons (Fsp3) is 0.417. The topological polar surface area (TPSA) is 98.5 Å². The molecule has 3 N–H and O–H groups in total. The molecule has 8 heteroatoms. The first-order valence-corrected chi connectivity index (χ1v) is 7.70. The van der Waals surface area contributed by atoms with Gasteiger partial charge >= 0.3 is 5.97 Å². The van der Waals surface area contributed by atoms with Gasteiger partial charge in [-0.05, 0) is 31.0 Å². The molecule has 1 rings (SSSR count). The summed E-state index contributed by atoms with van der Waals surface area (Å²) >= 11 is 0. The summed E-state index contributed by atoms with van der Waals surface area (Å²) in [5.41, 5.74) is 6.99. The van der Waals surface area contributed by atoms with Gasteiger partial charge in [-0.2, -0.15) is 0 Å². The zero-order valence-corrected chi connectivity index (χ0v) is 13.0. The fourth-order valence-corrected chi connectivity index (χ4v) is 2.07. The number of hydrogen-bond acceptors (Lipinski definition) is 5. The van der Waals surface area contributed by atoms with Crippen molar-refractivity contribution < 1.29 is 17.9 Å². The minimum absolute atomic E-state index is 0. The van der Waals surface area contributed by atoms with Crippen molar-refractivity contribution in [2.75, 3.05) is 17.6 Å². The van der Waals surface area contributed by atoms with Gasteiger partial charge in [-0.1, -0.05) is 12.1 Å². The van der Waals surface area contributed by atoms with Crippen LogP contribution in [-0.4, -0.2) is 33.3 Å². The van der Waals surface area contributed by atoms with E-state index in [0.29, 0.717) is 18.7 Å². The minimum Gasteiger partial charge on any atom is -0.465 e. The van der Waals surface area contributed by atoms with E-state index in [0.717, 1.165) is 11.8 Å². The quantitative estimate of drug-likeness (QED) is 0.759. The molecular formula is C12H19ClN2O4S. The molecule has 1 atom stereocenters. The highest BCUT2D eigenvalue weighted by Crippen LogP contribution is 2.12. The van der Waals surface area contributed by atoms with E-state index in [4.69, 9.17) is 10.5 Å². The van der Waals surface area contributed by atoms with Gasteiger partial charge < -0.3 is 10.5 Å². The van der Waals surface area contributed by atoms with Crippen molar-refractivity contribution in [3.05, 3.63) is 29.8 Å². The molecule has 1 aromatic carbocycles. The van der Waals surface area contributed by atoms with Crippen LogP contribution in [-0.2, 0) is 26.0 Å². The van der Waals surface area contributed by atoms with Crippen molar-refractivity contribution in [2.45, 2.75) is 19.4 Å². The Labute approximate surface area is 125 Å². The van der Waals surface area contributed by atoms with Crippen LogP contribution in [0.1, 0.15) is 12.5 Å². The predicted octanol–water partition coefficient (Wildman–Crippen LogP) is 0.913. The number of carbonyl (C=O) groups is 1. The van der Waals surface area contributed by atoms with Gasteiger partial charge in [0.1, 0.15) is 6.04 Å². The van der Waals surface area contributed by atoms with E-state index in [9.17, 15) is 13.2 Å². The number of anilines is 1. The molecule has 1 aromatic rings. The van der Waals surface area contributed by atoms with Gasteiger partial charge in [0.15, 0.2) is 0 Å². The second kappa shape index (κ2) is 8.08. The lowest BCUT2D eigenvalue weighted by Crippen LogP contribution is -2.34. The number of esters is 1. The lowest BCUT2D eigenvalue weighted by Gasteiger charge is -2.11. The SMILES string of the molecule is CCOC(=O)C(N)Cc1ccc(NS(C)(=O)=O)cc1.Cl. The Kier molecular flexibility index (Phi) is 7.55. The number of halogens is 1. The van der Waals surface area contributed by atoms with E-state index in [1.807, 2.05) is 0 Å². The summed E-state index contributed by atoms with van der Waals surface area (Å²) in [5, 5.41) is 0. The number of nitrogens with two attached hydrogens (primary N) is 1. The lowest BCUT2D eigenvalue weighted by atomic mass is 10.1. The van der Waals surface area contributed by atoms with Crippen LogP contribution in [0.4, 0.5) is 5.69 Å². The van der Waals surface area contributed by atoms with E-state index < -0.39 is 22.0 Å². The van der Waals surface area contributed by atoms with E-state index in [2.05, 4.69) is 4.72 Å².